The number of Topliss-reactive ketones (excluding diaryl/α,β-unsaturated/α-hetero) is 1. The van der Waals surface area contributed by atoms with Crippen molar-refractivity contribution in [3.63, 3.8) is 0 Å². The van der Waals surface area contributed by atoms with Gasteiger partial charge in [0.15, 0.2) is 5.78 Å². The second-order valence-electron chi connectivity index (χ2n) is 14.0. The maximum atomic E-state index is 13.5. The molecular formula is C32H48N4O5. The minimum atomic E-state index is -0.713. The van der Waals surface area contributed by atoms with Crippen molar-refractivity contribution in [2.75, 3.05) is 19.6 Å². The Kier molecular flexibility index (Phi) is 10.0. The second-order valence-corrected chi connectivity index (χ2v) is 14.0. The van der Waals surface area contributed by atoms with Gasteiger partial charge in [-0.15, -0.1) is 0 Å². The molecule has 41 heavy (non-hydrogen) atoms. The van der Waals surface area contributed by atoms with Crippen molar-refractivity contribution < 1.29 is 24.0 Å². The average molecular weight is 569 g/mol. The van der Waals surface area contributed by atoms with Gasteiger partial charge in [-0.2, -0.15) is 0 Å². The molecule has 0 radical (unpaired) electrons. The average Bonchev–Trinajstić information content (AvgIpc) is 3.43. The number of rotatable bonds is 9. The molecule has 2 aliphatic heterocycles. The molecule has 0 spiro atoms. The first-order chi connectivity index (χ1) is 19.0. The predicted molar refractivity (Wildman–Crippen MR) is 158 cm³/mol. The summed E-state index contributed by atoms with van der Waals surface area (Å²) in [5, 5.41) is 5.70. The number of nitrogens with one attached hydrogen (secondary N) is 2. The highest BCUT2D eigenvalue weighted by Gasteiger charge is 2.52. The fourth-order valence-electron chi connectivity index (χ4n) is 5.82. The Labute approximate surface area is 244 Å². The van der Waals surface area contributed by atoms with Gasteiger partial charge in [0.2, 0.25) is 17.7 Å². The first-order valence-electron chi connectivity index (χ1n) is 14.8. The van der Waals surface area contributed by atoms with Crippen LogP contribution in [0.4, 0.5) is 0 Å². The molecule has 1 aromatic carbocycles. The topological polar surface area (TPSA) is 116 Å². The van der Waals surface area contributed by atoms with Crippen LogP contribution in [0.3, 0.4) is 0 Å². The van der Waals surface area contributed by atoms with E-state index in [2.05, 4.69) is 31.4 Å². The molecule has 226 valence electrons. The van der Waals surface area contributed by atoms with Crippen molar-refractivity contribution in [3.05, 3.63) is 35.4 Å². The van der Waals surface area contributed by atoms with Gasteiger partial charge in [-0.1, -0.05) is 60.6 Å². The third kappa shape index (κ3) is 8.39. The van der Waals surface area contributed by atoms with Crippen molar-refractivity contribution in [1.29, 1.82) is 0 Å². The minimum Gasteiger partial charge on any atom is -0.352 e. The molecule has 0 aromatic heterocycles. The molecule has 2 heterocycles. The molecule has 1 aromatic rings. The molecule has 2 fully saturated rings. The summed E-state index contributed by atoms with van der Waals surface area (Å²) in [5.41, 5.74) is 1.59. The van der Waals surface area contributed by atoms with Crippen LogP contribution in [-0.4, -0.2) is 77.0 Å². The van der Waals surface area contributed by atoms with Crippen molar-refractivity contribution in [2.45, 2.75) is 105 Å². The minimum absolute atomic E-state index is 0.00953. The molecule has 2 saturated heterocycles. The highest BCUT2D eigenvalue weighted by atomic mass is 16.2. The Bertz CT molecular complexity index is 1150. The van der Waals surface area contributed by atoms with Gasteiger partial charge in [-0.25, -0.2) is 0 Å². The number of benzene rings is 1. The molecule has 4 amide bonds. The molecule has 3 rings (SSSR count). The molecule has 2 N–H and O–H groups in total. The lowest BCUT2D eigenvalue weighted by atomic mass is 9.87. The maximum Gasteiger partial charge on any atom is 0.251 e. The SMILES string of the molecule is CC(=O)NC(CC(C)(C)C)C(=O)N1CC(=O)C2C1CCN2C(=O)CC(C)CCNC(=O)c1ccc(C(C)(C)C)cc1. The summed E-state index contributed by atoms with van der Waals surface area (Å²) in [5.74, 6) is -0.926. The summed E-state index contributed by atoms with van der Waals surface area (Å²) >= 11 is 0. The van der Waals surface area contributed by atoms with Gasteiger partial charge in [0.05, 0.1) is 12.6 Å². The second kappa shape index (κ2) is 12.7. The molecule has 4 unspecified atom stereocenters. The highest BCUT2D eigenvalue weighted by Crippen LogP contribution is 2.32. The molecule has 9 heteroatoms. The van der Waals surface area contributed by atoms with E-state index in [9.17, 15) is 24.0 Å². The number of hydrogen-bond acceptors (Lipinski definition) is 5. The van der Waals surface area contributed by atoms with E-state index in [4.69, 9.17) is 0 Å². The van der Waals surface area contributed by atoms with Crippen molar-refractivity contribution in [2.24, 2.45) is 11.3 Å². The van der Waals surface area contributed by atoms with Crippen LogP contribution in [-0.2, 0) is 24.6 Å². The summed E-state index contributed by atoms with van der Waals surface area (Å²) in [6.07, 6.45) is 1.88. The normalized spacial score (nSPS) is 20.4. The first-order valence-corrected chi connectivity index (χ1v) is 14.8. The van der Waals surface area contributed by atoms with Crippen LogP contribution in [0.2, 0.25) is 0 Å². The fraction of sp³-hybridized carbons (Fsp3) is 0.656. The Balaban J connectivity index is 1.53. The lowest BCUT2D eigenvalue weighted by Gasteiger charge is -2.31. The standard InChI is InChI=1S/C32H48N4O5/c1-20(13-15-33-29(40)22-9-11-23(12-10-22)32(6,7)8)17-27(39)35-16-14-25-28(35)26(38)19-36(25)30(41)24(34-21(2)37)18-31(3,4)5/h9-12,20,24-25,28H,13-19H2,1-8H3,(H,33,40)(H,34,37). The first kappa shape index (κ1) is 32.3. The van der Waals surface area contributed by atoms with Crippen molar-refractivity contribution in [3.8, 4) is 0 Å². The van der Waals surface area contributed by atoms with E-state index in [1.54, 1.807) is 9.80 Å². The highest BCUT2D eigenvalue weighted by molar-refractivity contribution is 5.99. The quantitative estimate of drug-likeness (QED) is 0.474. The lowest BCUT2D eigenvalue weighted by molar-refractivity contribution is -0.138. The summed E-state index contributed by atoms with van der Waals surface area (Å²) in [4.78, 5) is 67.3. The van der Waals surface area contributed by atoms with Gasteiger partial charge < -0.3 is 20.4 Å². The Hall–Kier alpha value is -3.23. The van der Waals surface area contributed by atoms with Crippen molar-refractivity contribution >= 4 is 29.4 Å². The fourth-order valence-corrected chi connectivity index (χ4v) is 5.82. The number of carbonyl (C=O) groups is 5. The molecule has 0 aliphatic carbocycles. The van der Waals surface area contributed by atoms with Crippen LogP contribution in [0.1, 0.15) is 97.0 Å². The van der Waals surface area contributed by atoms with E-state index in [1.807, 2.05) is 52.0 Å². The van der Waals surface area contributed by atoms with E-state index >= 15 is 0 Å². The van der Waals surface area contributed by atoms with Crippen LogP contribution >= 0.6 is 0 Å². The van der Waals surface area contributed by atoms with Gasteiger partial charge in [0.25, 0.3) is 5.91 Å². The molecule has 0 bridgehead atoms. The Morgan fingerprint density at radius 1 is 1.00 bits per heavy atom. The molecule has 0 saturated carbocycles. The third-order valence-electron chi connectivity index (χ3n) is 7.98. The van der Waals surface area contributed by atoms with Gasteiger partial charge in [0.1, 0.15) is 12.1 Å². The monoisotopic (exact) mass is 568 g/mol. The van der Waals surface area contributed by atoms with Gasteiger partial charge in [0, 0.05) is 32.0 Å². The Morgan fingerprint density at radius 2 is 1.63 bits per heavy atom. The zero-order chi connectivity index (χ0) is 30.7. The van der Waals surface area contributed by atoms with E-state index in [0.717, 1.165) is 5.56 Å². The summed E-state index contributed by atoms with van der Waals surface area (Å²) < 4.78 is 0. The van der Waals surface area contributed by atoms with Crippen LogP contribution < -0.4 is 10.6 Å². The third-order valence-corrected chi connectivity index (χ3v) is 7.98. The zero-order valence-electron chi connectivity index (χ0n) is 26.0. The molecule has 9 nitrogen and oxygen atoms in total. The van der Waals surface area contributed by atoms with E-state index < -0.39 is 12.1 Å². The van der Waals surface area contributed by atoms with Gasteiger partial charge >= 0.3 is 0 Å². The molecular weight excluding hydrogens is 520 g/mol. The van der Waals surface area contributed by atoms with E-state index in [1.165, 1.54) is 6.92 Å². The predicted octanol–water partition coefficient (Wildman–Crippen LogP) is 3.45. The van der Waals surface area contributed by atoms with Crippen LogP contribution in [0.5, 0.6) is 0 Å². The van der Waals surface area contributed by atoms with Gasteiger partial charge in [-0.3, -0.25) is 24.0 Å². The number of amides is 4. The number of carbonyl (C=O) groups excluding carboxylic acids is 5. The van der Waals surface area contributed by atoms with Gasteiger partial charge in [-0.05, 0) is 53.7 Å². The summed E-state index contributed by atoms with van der Waals surface area (Å²) in [7, 11) is 0. The van der Waals surface area contributed by atoms with E-state index in [0.29, 0.717) is 37.9 Å². The number of hydrogen-bond donors (Lipinski definition) is 2. The molecule has 4 atom stereocenters. The van der Waals surface area contributed by atoms with Crippen LogP contribution in [0, 0.1) is 11.3 Å². The van der Waals surface area contributed by atoms with E-state index in [-0.39, 0.29) is 65.2 Å². The zero-order valence-corrected chi connectivity index (χ0v) is 26.0. The number of ketones is 1. The smallest absolute Gasteiger partial charge is 0.251 e. The Morgan fingerprint density at radius 3 is 2.20 bits per heavy atom. The van der Waals surface area contributed by atoms with Crippen molar-refractivity contribution in [1.82, 2.24) is 20.4 Å². The number of likely N-dealkylation sites (tertiary alicyclic amines) is 2. The summed E-state index contributed by atoms with van der Waals surface area (Å²) in [6, 6.07) is 5.90. The van der Waals surface area contributed by atoms with Crippen LogP contribution in [0.15, 0.2) is 24.3 Å². The largest absolute Gasteiger partial charge is 0.352 e. The lowest BCUT2D eigenvalue weighted by Crippen LogP contribution is -2.51. The maximum absolute atomic E-state index is 13.5. The summed E-state index contributed by atoms with van der Waals surface area (Å²) in [6.45, 7) is 16.5. The van der Waals surface area contributed by atoms with Crippen LogP contribution in [0.25, 0.3) is 0 Å². The number of fused-ring (bicyclic) bond motifs is 1. The number of nitrogens with zero attached hydrogens (tertiary/aromatic N) is 2. The molecule has 2 aliphatic rings.